The van der Waals surface area contributed by atoms with Gasteiger partial charge in [-0.2, -0.15) is 13.2 Å². The van der Waals surface area contributed by atoms with Crippen molar-refractivity contribution in [2.45, 2.75) is 25.7 Å². The Hall–Kier alpha value is -2.23. The van der Waals surface area contributed by atoms with Crippen LogP contribution in [0.15, 0.2) is 35.3 Å². The van der Waals surface area contributed by atoms with E-state index in [1.54, 1.807) is 18.3 Å². The molecule has 1 aliphatic rings. The molecule has 0 amide bonds. The number of fused-ring (bicyclic) bond motifs is 1. The van der Waals surface area contributed by atoms with Crippen molar-refractivity contribution >= 4 is 22.9 Å². The molecule has 0 spiro atoms. The second-order valence-corrected chi connectivity index (χ2v) is 7.99. The molecule has 0 atom stereocenters. The number of aromatic amines is 1. The van der Waals surface area contributed by atoms with Crippen LogP contribution in [-0.4, -0.2) is 26.4 Å². The number of hydrogen-bond acceptors (Lipinski definition) is 5. The predicted molar refractivity (Wildman–Crippen MR) is 100 cm³/mol. The molecular weight excluding hydrogens is 413 g/mol. The smallest absolute Gasteiger partial charge is 0.303 e. The number of nitrogens with zero attached hydrogens (tertiary/aromatic N) is 3. The largest absolute Gasteiger partial charge is 0.449 e. The van der Waals surface area contributed by atoms with Crippen LogP contribution in [0, 0.1) is 0 Å². The van der Waals surface area contributed by atoms with Crippen LogP contribution in [0.5, 0.6) is 0 Å². The lowest BCUT2D eigenvalue weighted by molar-refractivity contribution is -0.145. The van der Waals surface area contributed by atoms with Crippen LogP contribution in [0.1, 0.15) is 22.0 Å². The van der Waals surface area contributed by atoms with Crippen LogP contribution in [0.25, 0.3) is 10.6 Å². The van der Waals surface area contributed by atoms with E-state index < -0.39 is 17.6 Å². The Labute approximate surface area is 166 Å². The average molecular weight is 427 g/mol. The van der Waals surface area contributed by atoms with Gasteiger partial charge in [-0.1, -0.05) is 23.7 Å². The van der Waals surface area contributed by atoms with E-state index in [9.17, 15) is 18.0 Å². The normalized spacial score (nSPS) is 14.9. The van der Waals surface area contributed by atoms with Crippen LogP contribution >= 0.6 is 22.9 Å². The van der Waals surface area contributed by atoms with E-state index in [1.807, 2.05) is 22.0 Å². The molecule has 5 nitrogen and oxygen atoms in total. The minimum absolute atomic E-state index is 0.221. The first-order valence-corrected chi connectivity index (χ1v) is 9.61. The quantitative estimate of drug-likeness (QED) is 0.684. The van der Waals surface area contributed by atoms with Crippen LogP contribution in [-0.2, 0) is 25.7 Å². The SMILES string of the molecule is O=c1[nH]c(C(F)(F)F)nc2c1CN(Cc1cnc(-c3ccc(Cl)cc3)s1)CC2. The first kappa shape index (κ1) is 19.1. The molecule has 0 unspecified atom stereocenters. The highest BCUT2D eigenvalue weighted by atomic mass is 35.5. The number of benzene rings is 1. The summed E-state index contributed by atoms with van der Waals surface area (Å²) in [7, 11) is 0. The maximum atomic E-state index is 12.8. The van der Waals surface area contributed by atoms with Gasteiger partial charge in [0.05, 0.1) is 11.3 Å². The van der Waals surface area contributed by atoms with Gasteiger partial charge in [0.15, 0.2) is 0 Å². The lowest BCUT2D eigenvalue weighted by Crippen LogP contribution is -2.36. The molecule has 3 aromatic rings. The minimum Gasteiger partial charge on any atom is -0.303 e. The molecule has 10 heteroatoms. The second-order valence-electron chi connectivity index (χ2n) is 6.44. The van der Waals surface area contributed by atoms with Crippen LogP contribution in [0.3, 0.4) is 0 Å². The van der Waals surface area contributed by atoms with Crippen molar-refractivity contribution in [3.63, 3.8) is 0 Å². The Morgan fingerprint density at radius 2 is 2.00 bits per heavy atom. The van der Waals surface area contributed by atoms with Gasteiger partial charge < -0.3 is 4.98 Å². The van der Waals surface area contributed by atoms with Crippen molar-refractivity contribution in [3.05, 3.63) is 67.8 Å². The molecule has 0 saturated heterocycles. The van der Waals surface area contributed by atoms with Gasteiger partial charge in [0.25, 0.3) is 5.56 Å². The Bertz CT molecular complexity index is 1060. The molecule has 1 aromatic carbocycles. The number of alkyl halides is 3. The standard InChI is InChI=1S/C18H14ClF3N4OS/c19-11-3-1-10(2-4-11)16-23-7-12(28-16)8-26-6-5-14-13(9-26)15(27)25-17(24-14)18(20,21)22/h1-4,7H,5-6,8-9H2,(H,24,25,27). The highest BCUT2D eigenvalue weighted by Crippen LogP contribution is 2.29. The number of aromatic nitrogens is 3. The lowest BCUT2D eigenvalue weighted by atomic mass is 10.1. The van der Waals surface area contributed by atoms with Gasteiger partial charge in [0.1, 0.15) is 5.01 Å². The van der Waals surface area contributed by atoms with Gasteiger partial charge in [-0.05, 0) is 12.1 Å². The van der Waals surface area contributed by atoms with Crippen molar-refractivity contribution in [2.24, 2.45) is 0 Å². The summed E-state index contributed by atoms with van der Waals surface area (Å²) >= 11 is 7.43. The van der Waals surface area contributed by atoms with Crippen molar-refractivity contribution < 1.29 is 13.2 Å². The van der Waals surface area contributed by atoms with E-state index in [1.165, 1.54) is 11.3 Å². The van der Waals surface area contributed by atoms with Gasteiger partial charge in [0.2, 0.25) is 5.82 Å². The van der Waals surface area contributed by atoms with Crippen LogP contribution in [0.4, 0.5) is 13.2 Å². The van der Waals surface area contributed by atoms with Crippen LogP contribution < -0.4 is 5.56 Å². The summed E-state index contributed by atoms with van der Waals surface area (Å²) in [5.74, 6) is -1.24. The zero-order valence-electron chi connectivity index (χ0n) is 14.4. The first-order chi connectivity index (χ1) is 13.3. The lowest BCUT2D eigenvalue weighted by Gasteiger charge is -2.27. The fourth-order valence-corrected chi connectivity index (χ4v) is 4.16. The third kappa shape index (κ3) is 3.96. The second kappa shape index (κ2) is 7.31. The molecule has 0 aliphatic carbocycles. The summed E-state index contributed by atoms with van der Waals surface area (Å²) in [6.45, 7) is 1.34. The zero-order chi connectivity index (χ0) is 19.9. The van der Waals surface area contributed by atoms with E-state index >= 15 is 0 Å². The molecule has 0 fully saturated rings. The predicted octanol–water partition coefficient (Wildman–Crippen LogP) is 4.12. The van der Waals surface area contributed by atoms with E-state index in [2.05, 4.69) is 9.97 Å². The molecule has 4 rings (SSSR count). The first-order valence-electron chi connectivity index (χ1n) is 8.42. The number of halogens is 4. The Morgan fingerprint density at radius 1 is 1.25 bits per heavy atom. The topological polar surface area (TPSA) is 61.9 Å². The Kier molecular flexibility index (Phi) is 4.98. The van der Waals surface area contributed by atoms with Gasteiger partial charge in [0, 0.05) is 47.7 Å². The minimum atomic E-state index is -4.66. The highest BCUT2D eigenvalue weighted by Gasteiger charge is 2.36. The van der Waals surface area contributed by atoms with Crippen molar-refractivity contribution in [2.75, 3.05) is 6.54 Å². The van der Waals surface area contributed by atoms with Crippen molar-refractivity contribution in [3.8, 4) is 10.6 Å². The van der Waals surface area contributed by atoms with Crippen molar-refractivity contribution in [1.29, 1.82) is 0 Å². The number of rotatable bonds is 3. The summed E-state index contributed by atoms with van der Waals surface area (Å²) in [6.07, 6.45) is -2.59. The molecule has 3 heterocycles. The molecule has 28 heavy (non-hydrogen) atoms. The number of H-pyrrole nitrogens is 1. The van der Waals surface area contributed by atoms with E-state index in [4.69, 9.17) is 11.6 Å². The Balaban J connectivity index is 1.50. The maximum absolute atomic E-state index is 12.8. The number of thiazole rings is 1. The van der Waals surface area contributed by atoms with Gasteiger partial charge in [-0.15, -0.1) is 11.3 Å². The molecule has 2 aromatic heterocycles. The average Bonchev–Trinajstić information content (AvgIpc) is 3.10. The van der Waals surface area contributed by atoms with Crippen LogP contribution in [0.2, 0.25) is 5.02 Å². The van der Waals surface area contributed by atoms with Gasteiger partial charge in [-0.25, -0.2) is 9.97 Å². The number of nitrogens with one attached hydrogen (secondary N) is 1. The summed E-state index contributed by atoms with van der Waals surface area (Å²) in [5, 5.41) is 1.51. The molecule has 1 aliphatic heterocycles. The Morgan fingerprint density at radius 3 is 2.71 bits per heavy atom. The monoisotopic (exact) mass is 426 g/mol. The molecule has 146 valence electrons. The molecular formula is C18H14ClF3N4OS. The van der Waals surface area contributed by atoms with Gasteiger partial charge >= 0.3 is 6.18 Å². The fraction of sp³-hybridized carbons (Fsp3) is 0.278. The summed E-state index contributed by atoms with van der Waals surface area (Å²) in [4.78, 5) is 25.0. The summed E-state index contributed by atoms with van der Waals surface area (Å²) < 4.78 is 38.4. The van der Waals surface area contributed by atoms with E-state index in [0.29, 0.717) is 30.1 Å². The third-order valence-electron chi connectivity index (χ3n) is 4.44. The fourth-order valence-electron chi connectivity index (χ4n) is 3.08. The van der Waals surface area contributed by atoms with E-state index in [-0.39, 0.29) is 12.2 Å². The maximum Gasteiger partial charge on any atom is 0.449 e. The zero-order valence-corrected chi connectivity index (χ0v) is 16.0. The molecule has 0 radical (unpaired) electrons. The molecule has 0 bridgehead atoms. The third-order valence-corrected chi connectivity index (χ3v) is 5.72. The molecule has 1 N–H and O–H groups in total. The number of hydrogen-bond donors (Lipinski definition) is 1. The van der Waals surface area contributed by atoms with Crippen molar-refractivity contribution in [1.82, 2.24) is 19.9 Å². The van der Waals surface area contributed by atoms with E-state index in [0.717, 1.165) is 15.4 Å². The highest BCUT2D eigenvalue weighted by molar-refractivity contribution is 7.15. The summed E-state index contributed by atoms with van der Waals surface area (Å²) in [5.41, 5.74) is 0.748. The summed E-state index contributed by atoms with van der Waals surface area (Å²) in [6, 6.07) is 7.39. The van der Waals surface area contributed by atoms with Gasteiger partial charge in [-0.3, -0.25) is 9.69 Å². The molecule has 0 saturated carbocycles.